The van der Waals surface area contributed by atoms with Gasteiger partial charge in [0, 0.05) is 20.2 Å². The summed E-state index contributed by atoms with van der Waals surface area (Å²) < 4.78 is 5.07. The molecule has 2 N–H and O–H groups in total. The van der Waals surface area contributed by atoms with Gasteiger partial charge in [-0.2, -0.15) is 0 Å². The second-order valence-electron chi connectivity index (χ2n) is 3.27. The van der Waals surface area contributed by atoms with Gasteiger partial charge in [0.25, 0.3) is 5.91 Å². The van der Waals surface area contributed by atoms with Gasteiger partial charge in [-0.05, 0) is 6.07 Å². The Kier molecular flexibility index (Phi) is 5.41. The van der Waals surface area contributed by atoms with Crippen LogP contribution in [0.5, 0.6) is 5.75 Å². The van der Waals surface area contributed by atoms with Crippen LogP contribution < -0.4 is 10.5 Å². The molecule has 0 aliphatic rings. The van der Waals surface area contributed by atoms with E-state index in [1.165, 1.54) is 18.1 Å². The number of nitrogen functional groups attached to an aromatic ring is 1. The first kappa shape index (κ1) is 14.9. The van der Waals surface area contributed by atoms with Crippen molar-refractivity contribution in [1.29, 1.82) is 0 Å². The second kappa shape index (κ2) is 5.82. The largest absolute Gasteiger partial charge is 0.496 e. The average molecular weight is 265 g/mol. The maximum absolute atomic E-state index is 11.7. The lowest BCUT2D eigenvalue weighted by Gasteiger charge is -2.14. The van der Waals surface area contributed by atoms with Gasteiger partial charge >= 0.3 is 0 Å². The first-order chi connectivity index (χ1) is 6.97. The van der Waals surface area contributed by atoms with Crippen LogP contribution in [-0.2, 0) is 0 Å². The molecule has 0 saturated heterocycles. The molecule has 0 aliphatic carbocycles. The lowest BCUT2D eigenvalue weighted by atomic mass is 10.1. The van der Waals surface area contributed by atoms with Crippen molar-refractivity contribution in [3.63, 3.8) is 0 Å². The third kappa shape index (κ3) is 2.93. The molecule has 16 heavy (non-hydrogen) atoms. The molecule has 6 heteroatoms. The van der Waals surface area contributed by atoms with E-state index in [0.29, 0.717) is 22.0 Å². The minimum atomic E-state index is -0.172. The number of carbonyl (C=O) groups is 1. The van der Waals surface area contributed by atoms with Crippen molar-refractivity contribution < 1.29 is 9.53 Å². The maximum atomic E-state index is 11.7. The van der Waals surface area contributed by atoms with Crippen LogP contribution in [0.4, 0.5) is 5.69 Å². The number of benzene rings is 1. The Morgan fingerprint density at radius 3 is 2.44 bits per heavy atom. The molecule has 1 aromatic rings. The van der Waals surface area contributed by atoms with Crippen molar-refractivity contribution in [2.45, 2.75) is 0 Å². The fraction of sp³-hybridized carbons (Fsp3) is 0.300. The van der Waals surface area contributed by atoms with E-state index in [4.69, 9.17) is 22.1 Å². The molecular weight excluding hydrogens is 251 g/mol. The van der Waals surface area contributed by atoms with Crippen LogP contribution in [0.1, 0.15) is 10.4 Å². The number of hydrogen-bond acceptors (Lipinski definition) is 3. The first-order valence-electron chi connectivity index (χ1n) is 4.32. The summed E-state index contributed by atoms with van der Waals surface area (Å²) in [7, 11) is 4.80. The highest BCUT2D eigenvalue weighted by molar-refractivity contribution is 6.33. The zero-order chi connectivity index (χ0) is 11.6. The summed E-state index contributed by atoms with van der Waals surface area (Å²) in [5.74, 6) is 0.254. The summed E-state index contributed by atoms with van der Waals surface area (Å²) in [5.41, 5.74) is 6.40. The van der Waals surface area contributed by atoms with Gasteiger partial charge < -0.3 is 15.4 Å². The van der Waals surface area contributed by atoms with Crippen LogP contribution in [0.15, 0.2) is 12.1 Å². The third-order valence-corrected chi connectivity index (χ3v) is 2.28. The molecule has 0 radical (unpaired) electrons. The van der Waals surface area contributed by atoms with Gasteiger partial charge in [-0.3, -0.25) is 4.79 Å². The highest BCUT2D eigenvalue weighted by Crippen LogP contribution is 2.29. The Bertz CT molecular complexity index is 395. The summed E-state index contributed by atoms with van der Waals surface area (Å²) in [6, 6.07) is 3.05. The van der Waals surface area contributed by atoms with E-state index in [9.17, 15) is 4.79 Å². The Balaban J connectivity index is 0.00000225. The quantitative estimate of drug-likeness (QED) is 0.832. The van der Waals surface area contributed by atoms with Crippen LogP contribution in [0.3, 0.4) is 0 Å². The van der Waals surface area contributed by atoms with Crippen LogP contribution in [0, 0.1) is 0 Å². The van der Waals surface area contributed by atoms with Crippen molar-refractivity contribution in [1.82, 2.24) is 4.90 Å². The van der Waals surface area contributed by atoms with E-state index in [0.717, 1.165) is 0 Å². The minimum Gasteiger partial charge on any atom is -0.496 e. The van der Waals surface area contributed by atoms with Crippen molar-refractivity contribution in [2.75, 3.05) is 26.9 Å². The Labute approximate surface area is 106 Å². The number of carbonyl (C=O) groups excluding carboxylic acids is 1. The lowest BCUT2D eigenvalue weighted by Crippen LogP contribution is -2.22. The number of anilines is 1. The Morgan fingerprint density at radius 1 is 1.44 bits per heavy atom. The van der Waals surface area contributed by atoms with E-state index in [1.807, 2.05) is 0 Å². The molecule has 0 atom stereocenters. The predicted octanol–water partition coefficient (Wildman–Crippen LogP) is 2.05. The van der Waals surface area contributed by atoms with Crippen molar-refractivity contribution in [3.8, 4) is 5.75 Å². The monoisotopic (exact) mass is 264 g/mol. The van der Waals surface area contributed by atoms with Crippen LogP contribution in [-0.4, -0.2) is 32.0 Å². The minimum absolute atomic E-state index is 0. The molecule has 0 aliphatic heterocycles. The SMILES string of the molecule is COc1cc(N)c(Cl)cc1C(=O)N(C)C.Cl. The van der Waals surface area contributed by atoms with Gasteiger partial charge in [0.15, 0.2) is 0 Å². The van der Waals surface area contributed by atoms with Gasteiger partial charge in [0.1, 0.15) is 5.75 Å². The molecular formula is C10H14Cl2N2O2. The number of hydrogen-bond donors (Lipinski definition) is 1. The zero-order valence-corrected chi connectivity index (χ0v) is 10.9. The fourth-order valence-corrected chi connectivity index (χ4v) is 1.31. The molecule has 0 saturated carbocycles. The molecule has 1 amide bonds. The lowest BCUT2D eigenvalue weighted by molar-refractivity contribution is 0.0824. The Hall–Kier alpha value is -1.13. The van der Waals surface area contributed by atoms with E-state index in [2.05, 4.69) is 0 Å². The van der Waals surface area contributed by atoms with Crippen molar-refractivity contribution in [3.05, 3.63) is 22.7 Å². The molecule has 0 bridgehead atoms. The average Bonchev–Trinajstić information content (AvgIpc) is 2.20. The summed E-state index contributed by atoms with van der Waals surface area (Å²) in [5, 5.41) is 0.348. The molecule has 1 rings (SSSR count). The van der Waals surface area contributed by atoms with Crippen LogP contribution in [0.25, 0.3) is 0 Å². The van der Waals surface area contributed by atoms with Gasteiger partial charge in [-0.15, -0.1) is 12.4 Å². The van der Waals surface area contributed by atoms with Crippen molar-refractivity contribution >= 4 is 35.6 Å². The predicted molar refractivity (Wildman–Crippen MR) is 67.7 cm³/mol. The third-order valence-electron chi connectivity index (χ3n) is 1.96. The molecule has 4 nitrogen and oxygen atoms in total. The fourth-order valence-electron chi connectivity index (χ4n) is 1.15. The van der Waals surface area contributed by atoms with Gasteiger partial charge in [-0.25, -0.2) is 0 Å². The maximum Gasteiger partial charge on any atom is 0.257 e. The number of amides is 1. The summed E-state index contributed by atoms with van der Waals surface area (Å²) in [6.07, 6.45) is 0. The summed E-state index contributed by atoms with van der Waals surface area (Å²) >= 11 is 5.84. The number of rotatable bonds is 2. The molecule has 1 aromatic carbocycles. The zero-order valence-electron chi connectivity index (χ0n) is 9.28. The molecule has 90 valence electrons. The first-order valence-corrected chi connectivity index (χ1v) is 4.69. The highest BCUT2D eigenvalue weighted by atomic mass is 35.5. The van der Waals surface area contributed by atoms with Gasteiger partial charge in [0.2, 0.25) is 0 Å². The molecule has 0 heterocycles. The van der Waals surface area contributed by atoms with Crippen molar-refractivity contribution in [2.24, 2.45) is 0 Å². The smallest absolute Gasteiger partial charge is 0.257 e. The number of ether oxygens (including phenoxy) is 1. The van der Waals surface area contributed by atoms with E-state index in [-0.39, 0.29) is 18.3 Å². The summed E-state index contributed by atoms with van der Waals surface area (Å²) in [4.78, 5) is 13.2. The van der Waals surface area contributed by atoms with Gasteiger partial charge in [-0.1, -0.05) is 11.6 Å². The standard InChI is InChI=1S/C10H13ClN2O2.ClH/c1-13(2)10(14)6-4-7(11)8(12)5-9(6)15-3;/h4-5H,12H2,1-3H3;1H. The molecule has 0 unspecified atom stereocenters. The number of nitrogens with two attached hydrogens (primary N) is 1. The molecule has 0 aromatic heterocycles. The number of nitrogens with zero attached hydrogens (tertiary/aromatic N) is 1. The van der Waals surface area contributed by atoms with E-state index >= 15 is 0 Å². The topological polar surface area (TPSA) is 55.6 Å². The second-order valence-corrected chi connectivity index (χ2v) is 3.68. The summed E-state index contributed by atoms with van der Waals surface area (Å²) in [6.45, 7) is 0. The highest BCUT2D eigenvalue weighted by Gasteiger charge is 2.16. The normalized spacial score (nSPS) is 9.25. The van der Waals surface area contributed by atoms with Gasteiger partial charge in [0.05, 0.1) is 23.4 Å². The number of halogens is 2. The Morgan fingerprint density at radius 2 is 2.00 bits per heavy atom. The number of methoxy groups -OCH3 is 1. The van der Waals surface area contributed by atoms with Crippen LogP contribution in [0.2, 0.25) is 5.02 Å². The molecule has 0 spiro atoms. The van der Waals surface area contributed by atoms with E-state index in [1.54, 1.807) is 20.2 Å². The van der Waals surface area contributed by atoms with Crippen LogP contribution >= 0.6 is 24.0 Å². The van der Waals surface area contributed by atoms with E-state index < -0.39 is 0 Å². The molecule has 0 fully saturated rings.